The highest BCUT2D eigenvalue weighted by Gasteiger charge is 2.07. The van der Waals surface area contributed by atoms with Gasteiger partial charge in [-0.05, 0) is 43.7 Å². The zero-order valence-corrected chi connectivity index (χ0v) is 12.5. The summed E-state index contributed by atoms with van der Waals surface area (Å²) in [5.41, 5.74) is 2.43. The highest BCUT2D eigenvalue weighted by molar-refractivity contribution is 5.28. The van der Waals surface area contributed by atoms with Crippen molar-refractivity contribution < 1.29 is 9.15 Å². The van der Waals surface area contributed by atoms with Gasteiger partial charge in [0.05, 0.1) is 6.54 Å². The second-order valence-electron chi connectivity index (χ2n) is 4.86. The standard InChI is InChI=1S/C17H23NO2/c1-4-14-6-8-16(9-7-14)19-12-15-10-17(11-18-5-2)20-13(15)3/h6-10,18H,4-5,11-12H2,1-3H3. The van der Waals surface area contributed by atoms with E-state index in [2.05, 4.69) is 37.4 Å². The van der Waals surface area contributed by atoms with Gasteiger partial charge in [-0.25, -0.2) is 0 Å². The van der Waals surface area contributed by atoms with Crippen LogP contribution in [-0.4, -0.2) is 6.54 Å². The van der Waals surface area contributed by atoms with Crippen LogP contribution in [-0.2, 0) is 19.6 Å². The lowest BCUT2D eigenvalue weighted by Crippen LogP contribution is -2.10. The monoisotopic (exact) mass is 273 g/mol. The van der Waals surface area contributed by atoms with Crippen molar-refractivity contribution in [3.05, 3.63) is 53.0 Å². The maximum absolute atomic E-state index is 5.81. The molecule has 0 radical (unpaired) electrons. The van der Waals surface area contributed by atoms with Crippen LogP contribution in [0.1, 0.15) is 36.5 Å². The second kappa shape index (κ2) is 7.15. The normalized spacial score (nSPS) is 10.8. The van der Waals surface area contributed by atoms with E-state index < -0.39 is 0 Å². The number of benzene rings is 1. The molecule has 108 valence electrons. The Bertz CT molecular complexity index is 528. The van der Waals surface area contributed by atoms with Crippen LogP contribution in [0.4, 0.5) is 0 Å². The van der Waals surface area contributed by atoms with Crippen LogP contribution in [0.3, 0.4) is 0 Å². The Labute approximate surface area is 121 Å². The molecule has 3 heteroatoms. The number of hydrogen-bond acceptors (Lipinski definition) is 3. The number of aryl methyl sites for hydroxylation is 2. The molecule has 20 heavy (non-hydrogen) atoms. The number of nitrogens with one attached hydrogen (secondary N) is 1. The molecule has 2 rings (SSSR count). The van der Waals surface area contributed by atoms with Gasteiger partial charge in [-0.15, -0.1) is 0 Å². The number of rotatable bonds is 7. The Hall–Kier alpha value is -1.74. The van der Waals surface area contributed by atoms with Gasteiger partial charge in [-0.1, -0.05) is 26.0 Å². The molecule has 0 spiro atoms. The Kier molecular flexibility index (Phi) is 5.24. The van der Waals surface area contributed by atoms with Crippen molar-refractivity contribution >= 4 is 0 Å². The van der Waals surface area contributed by atoms with Crippen molar-refractivity contribution in [2.75, 3.05) is 6.54 Å². The topological polar surface area (TPSA) is 34.4 Å². The molecule has 2 aromatic rings. The minimum Gasteiger partial charge on any atom is -0.489 e. The number of hydrogen-bond donors (Lipinski definition) is 1. The maximum atomic E-state index is 5.81. The molecule has 0 saturated heterocycles. The smallest absolute Gasteiger partial charge is 0.119 e. The van der Waals surface area contributed by atoms with Crippen molar-refractivity contribution in [1.82, 2.24) is 5.32 Å². The minimum absolute atomic E-state index is 0.549. The van der Waals surface area contributed by atoms with E-state index in [-0.39, 0.29) is 0 Å². The van der Waals surface area contributed by atoms with Gasteiger partial charge in [0.2, 0.25) is 0 Å². The van der Waals surface area contributed by atoms with Crippen LogP contribution in [0.15, 0.2) is 34.7 Å². The van der Waals surface area contributed by atoms with E-state index in [0.717, 1.165) is 42.3 Å². The largest absolute Gasteiger partial charge is 0.489 e. The molecule has 0 aliphatic heterocycles. The summed E-state index contributed by atoms with van der Waals surface area (Å²) in [6.45, 7) is 8.47. The second-order valence-corrected chi connectivity index (χ2v) is 4.86. The van der Waals surface area contributed by atoms with Crippen LogP contribution < -0.4 is 10.1 Å². The highest BCUT2D eigenvalue weighted by Crippen LogP contribution is 2.19. The van der Waals surface area contributed by atoms with E-state index in [0.29, 0.717) is 6.61 Å². The van der Waals surface area contributed by atoms with Crippen molar-refractivity contribution in [3.63, 3.8) is 0 Å². The molecule has 0 saturated carbocycles. The van der Waals surface area contributed by atoms with Gasteiger partial charge in [-0.3, -0.25) is 0 Å². The summed E-state index contributed by atoms with van der Waals surface area (Å²) in [5, 5.41) is 3.26. The molecule has 0 unspecified atom stereocenters. The summed E-state index contributed by atoms with van der Waals surface area (Å²) in [7, 11) is 0. The summed E-state index contributed by atoms with van der Waals surface area (Å²) in [5.74, 6) is 2.79. The highest BCUT2D eigenvalue weighted by atomic mass is 16.5. The van der Waals surface area contributed by atoms with E-state index in [9.17, 15) is 0 Å². The van der Waals surface area contributed by atoms with Gasteiger partial charge in [0.15, 0.2) is 0 Å². The third kappa shape index (κ3) is 3.87. The maximum Gasteiger partial charge on any atom is 0.119 e. The van der Waals surface area contributed by atoms with Gasteiger partial charge in [0.1, 0.15) is 23.9 Å². The molecule has 0 amide bonds. The molecule has 1 heterocycles. The average molecular weight is 273 g/mol. The molecule has 3 nitrogen and oxygen atoms in total. The number of furan rings is 1. The van der Waals surface area contributed by atoms with E-state index >= 15 is 0 Å². The fourth-order valence-electron chi connectivity index (χ4n) is 2.05. The fourth-order valence-corrected chi connectivity index (χ4v) is 2.05. The summed E-state index contributed by atoms with van der Waals surface area (Å²) in [4.78, 5) is 0. The number of ether oxygens (including phenoxy) is 1. The van der Waals surface area contributed by atoms with Gasteiger partial charge in [-0.2, -0.15) is 0 Å². The molecular weight excluding hydrogens is 250 g/mol. The van der Waals surface area contributed by atoms with Gasteiger partial charge in [0.25, 0.3) is 0 Å². The molecule has 1 aromatic heterocycles. The first-order valence-corrected chi connectivity index (χ1v) is 7.23. The van der Waals surface area contributed by atoms with Crippen LogP contribution in [0.2, 0.25) is 0 Å². The first-order valence-electron chi connectivity index (χ1n) is 7.23. The summed E-state index contributed by atoms with van der Waals surface area (Å²) in [6.07, 6.45) is 1.05. The minimum atomic E-state index is 0.549. The molecule has 0 aliphatic carbocycles. The first-order chi connectivity index (χ1) is 9.72. The predicted octanol–water partition coefficient (Wildman–Crippen LogP) is 3.84. The van der Waals surface area contributed by atoms with E-state index in [1.165, 1.54) is 5.56 Å². The summed E-state index contributed by atoms with van der Waals surface area (Å²) >= 11 is 0. The lowest BCUT2D eigenvalue weighted by atomic mass is 10.2. The van der Waals surface area contributed by atoms with Gasteiger partial charge in [0, 0.05) is 5.56 Å². The van der Waals surface area contributed by atoms with Gasteiger partial charge >= 0.3 is 0 Å². The van der Waals surface area contributed by atoms with E-state index in [1.807, 2.05) is 19.1 Å². The molecule has 0 bridgehead atoms. The molecule has 0 atom stereocenters. The predicted molar refractivity (Wildman–Crippen MR) is 81.0 cm³/mol. The summed E-state index contributed by atoms with van der Waals surface area (Å²) < 4.78 is 11.5. The zero-order valence-electron chi connectivity index (χ0n) is 12.5. The lowest BCUT2D eigenvalue weighted by molar-refractivity contribution is 0.303. The Morgan fingerprint density at radius 3 is 2.55 bits per heavy atom. The molecule has 1 aromatic carbocycles. The molecular formula is C17H23NO2. The molecule has 0 fully saturated rings. The Balaban J connectivity index is 1.94. The third-order valence-corrected chi connectivity index (χ3v) is 3.35. The first kappa shape index (κ1) is 14.7. The zero-order chi connectivity index (χ0) is 14.4. The molecule has 0 aliphatic rings. The SMILES string of the molecule is CCNCc1cc(COc2ccc(CC)cc2)c(C)o1. The van der Waals surface area contributed by atoms with Crippen LogP contribution in [0.25, 0.3) is 0 Å². The van der Waals surface area contributed by atoms with Crippen molar-refractivity contribution in [2.45, 2.75) is 40.3 Å². The van der Waals surface area contributed by atoms with Crippen molar-refractivity contribution in [2.24, 2.45) is 0 Å². The van der Waals surface area contributed by atoms with Crippen molar-refractivity contribution in [3.8, 4) is 5.75 Å². The quantitative estimate of drug-likeness (QED) is 0.832. The fraction of sp³-hybridized carbons (Fsp3) is 0.412. The van der Waals surface area contributed by atoms with Gasteiger partial charge < -0.3 is 14.5 Å². The van der Waals surface area contributed by atoms with E-state index in [1.54, 1.807) is 0 Å². The Morgan fingerprint density at radius 1 is 1.15 bits per heavy atom. The van der Waals surface area contributed by atoms with Crippen LogP contribution in [0, 0.1) is 6.92 Å². The van der Waals surface area contributed by atoms with Crippen LogP contribution >= 0.6 is 0 Å². The van der Waals surface area contributed by atoms with E-state index in [4.69, 9.17) is 9.15 Å². The van der Waals surface area contributed by atoms with Crippen LogP contribution in [0.5, 0.6) is 5.75 Å². The molecule has 1 N–H and O–H groups in total. The third-order valence-electron chi connectivity index (χ3n) is 3.35. The summed E-state index contributed by atoms with van der Waals surface area (Å²) in [6, 6.07) is 10.3. The Morgan fingerprint density at radius 2 is 1.90 bits per heavy atom. The average Bonchev–Trinajstić information content (AvgIpc) is 2.83. The lowest BCUT2D eigenvalue weighted by Gasteiger charge is -2.05. The van der Waals surface area contributed by atoms with Crippen molar-refractivity contribution in [1.29, 1.82) is 0 Å².